The average molecular weight is 577 g/mol. The second-order valence-electron chi connectivity index (χ2n) is 13.7. The number of rotatable bonds is 2. The number of carbonyl (C=O) groups excluding carboxylic acids is 1. The number of thiophene rings is 2. The van der Waals surface area contributed by atoms with Crippen LogP contribution in [0.5, 0.6) is 0 Å². The number of fused-ring (bicyclic) bond motifs is 4. The van der Waals surface area contributed by atoms with Crippen LogP contribution in [0.4, 0.5) is 0 Å². The lowest BCUT2D eigenvalue weighted by atomic mass is 9.71. The van der Waals surface area contributed by atoms with E-state index >= 15 is 0 Å². The molecule has 4 aromatic heterocycles. The summed E-state index contributed by atoms with van der Waals surface area (Å²) in [6.45, 7) is 15.5. The van der Waals surface area contributed by atoms with E-state index in [0.29, 0.717) is 21.6 Å². The van der Waals surface area contributed by atoms with E-state index < -0.39 is 5.97 Å². The number of ketones is 1. The molecule has 0 saturated carbocycles. The van der Waals surface area contributed by atoms with Crippen molar-refractivity contribution in [3.05, 3.63) is 56.5 Å². The zero-order valence-electron chi connectivity index (χ0n) is 24.7. The summed E-state index contributed by atoms with van der Waals surface area (Å²) in [5.74, 6) is 0.670. The van der Waals surface area contributed by atoms with Gasteiger partial charge in [-0.2, -0.15) is 0 Å². The van der Waals surface area contributed by atoms with Gasteiger partial charge in [0.1, 0.15) is 14.5 Å². The number of Topliss-reactive ketones (excluding diaryl/α,β-unsaturated/α-hetero) is 1. The Morgan fingerprint density at radius 3 is 1.57 bits per heavy atom. The van der Waals surface area contributed by atoms with E-state index in [1.165, 1.54) is 52.3 Å². The van der Waals surface area contributed by atoms with Gasteiger partial charge >= 0.3 is 5.97 Å². The molecular weight excluding hydrogens is 537 g/mol. The van der Waals surface area contributed by atoms with Crippen LogP contribution in [0.1, 0.15) is 103 Å². The molecule has 212 valence electrons. The zero-order chi connectivity index (χ0) is 29.0. The Labute approximate surface area is 245 Å². The lowest BCUT2D eigenvalue weighted by Gasteiger charge is -2.34. The van der Waals surface area contributed by atoms with Crippen molar-refractivity contribution in [2.24, 2.45) is 22.7 Å². The topological polar surface area (TPSA) is 80.2 Å². The van der Waals surface area contributed by atoms with E-state index in [-0.39, 0.29) is 5.78 Å². The SMILES string of the molecule is CC(=O)c1cc2cc3c(nc2s1)CCC(C(C)(C)C)C3.CC(C)(C)C1CCc2nc3sc(C(=O)O)cc3cc2C1. The van der Waals surface area contributed by atoms with Crippen molar-refractivity contribution >= 4 is 54.9 Å². The van der Waals surface area contributed by atoms with Crippen molar-refractivity contribution in [1.82, 2.24) is 9.97 Å². The molecule has 4 heterocycles. The maximum Gasteiger partial charge on any atom is 0.345 e. The first-order valence-electron chi connectivity index (χ1n) is 14.3. The highest BCUT2D eigenvalue weighted by molar-refractivity contribution is 7.20. The summed E-state index contributed by atoms with van der Waals surface area (Å²) in [6.07, 6.45) is 6.65. The van der Waals surface area contributed by atoms with Gasteiger partial charge in [0.25, 0.3) is 0 Å². The molecule has 0 fully saturated rings. The van der Waals surface area contributed by atoms with Gasteiger partial charge in [-0.1, -0.05) is 41.5 Å². The first-order valence-corrected chi connectivity index (χ1v) is 15.9. The van der Waals surface area contributed by atoms with Gasteiger partial charge in [0, 0.05) is 22.2 Å². The van der Waals surface area contributed by atoms with Crippen molar-refractivity contribution in [1.29, 1.82) is 0 Å². The zero-order valence-corrected chi connectivity index (χ0v) is 26.3. The molecule has 0 aliphatic heterocycles. The van der Waals surface area contributed by atoms with Crippen LogP contribution in [0.2, 0.25) is 0 Å². The van der Waals surface area contributed by atoms with Gasteiger partial charge in [-0.25, -0.2) is 14.8 Å². The fourth-order valence-corrected chi connectivity index (χ4v) is 7.81. The van der Waals surface area contributed by atoms with Gasteiger partial charge in [-0.15, -0.1) is 22.7 Å². The Bertz CT molecular complexity index is 1480. The first-order chi connectivity index (χ1) is 18.7. The van der Waals surface area contributed by atoms with Crippen molar-refractivity contribution < 1.29 is 14.7 Å². The van der Waals surface area contributed by atoms with Gasteiger partial charge in [-0.3, -0.25) is 4.79 Å². The molecule has 2 unspecified atom stereocenters. The van der Waals surface area contributed by atoms with Crippen LogP contribution in [0.25, 0.3) is 20.4 Å². The summed E-state index contributed by atoms with van der Waals surface area (Å²) >= 11 is 2.80. The lowest BCUT2D eigenvalue weighted by molar-refractivity contribution is 0.0702. The smallest absolute Gasteiger partial charge is 0.345 e. The van der Waals surface area contributed by atoms with Crippen LogP contribution in [0.3, 0.4) is 0 Å². The molecule has 1 N–H and O–H groups in total. The minimum Gasteiger partial charge on any atom is -0.477 e. The maximum absolute atomic E-state index is 11.5. The number of aryl methyl sites for hydroxylation is 2. The number of aromatic carboxylic acids is 1. The third kappa shape index (κ3) is 6.01. The molecule has 4 aromatic rings. The number of hydrogen-bond donors (Lipinski definition) is 1. The minimum atomic E-state index is -0.862. The molecule has 6 rings (SSSR count). The van der Waals surface area contributed by atoms with E-state index in [0.717, 1.165) is 62.6 Å². The lowest BCUT2D eigenvalue weighted by Crippen LogP contribution is -2.27. The summed E-state index contributed by atoms with van der Waals surface area (Å²) < 4.78 is 0. The number of nitrogens with zero attached hydrogens (tertiary/aromatic N) is 2. The number of carboxylic acids is 1. The summed E-state index contributed by atoms with van der Waals surface area (Å²) in [5.41, 5.74) is 5.76. The molecule has 7 heteroatoms. The summed E-state index contributed by atoms with van der Waals surface area (Å²) in [4.78, 5) is 35.1. The maximum atomic E-state index is 11.5. The standard InChI is InChI=1S/C17H21NOS.C16H19NO2S/c1-10(19)15-9-12-7-11-8-13(17(2,3)4)5-6-14(11)18-16(12)20-15;1-16(2,3)11-4-5-12-9(7-11)6-10-8-13(15(18)19)20-14(10)17-12/h7,9,13H,5-6,8H2,1-4H3;6,8,11H,4-5,7H2,1-3H3,(H,18,19). The molecule has 2 aliphatic carbocycles. The number of hydrogen-bond acceptors (Lipinski definition) is 6. The van der Waals surface area contributed by atoms with Crippen LogP contribution in [-0.2, 0) is 25.7 Å². The summed E-state index contributed by atoms with van der Waals surface area (Å²) in [5, 5.41) is 11.2. The van der Waals surface area contributed by atoms with Crippen LogP contribution in [-0.4, -0.2) is 26.8 Å². The predicted molar refractivity (Wildman–Crippen MR) is 166 cm³/mol. The number of pyridine rings is 2. The number of carboxylic acid groups (broad SMARTS) is 1. The van der Waals surface area contributed by atoms with Crippen LogP contribution < -0.4 is 0 Å². The van der Waals surface area contributed by atoms with Gasteiger partial charge in [0.15, 0.2) is 5.78 Å². The van der Waals surface area contributed by atoms with E-state index in [9.17, 15) is 9.59 Å². The van der Waals surface area contributed by atoms with Gasteiger partial charge in [0.05, 0.1) is 4.88 Å². The molecule has 0 aromatic carbocycles. The van der Waals surface area contributed by atoms with Gasteiger partial charge < -0.3 is 5.11 Å². The minimum absolute atomic E-state index is 0.138. The van der Waals surface area contributed by atoms with E-state index in [4.69, 9.17) is 15.1 Å². The molecule has 0 saturated heterocycles. The fraction of sp³-hybridized carbons (Fsp3) is 0.515. The monoisotopic (exact) mass is 576 g/mol. The average Bonchev–Trinajstić information content (AvgIpc) is 3.48. The summed E-state index contributed by atoms with van der Waals surface area (Å²) in [6, 6.07) is 8.16. The summed E-state index contributed by atoms with van der Waals surface area (Å²) in [7, 11) is 0. The molecular formula is C33H40N2O3S2. The molecule has 40 heavy (non-hydrogen) atoms. The second-order valence-corrected chi connectivity index (χ2v) is 15.7. The first kappa shape index (κ1) is 28.9. The molecule has 0 bridgehead atoms. The predicted octanol–water partition coefficient (Wildman–Crippen LogP) is 8.80. The molecule has 0 radical (unpaired) electrons. The van der Waals surface area contributed by atoms with E-state index in [1.54, 1.807) is 13.0 Å². The van der Waals surface area contributed by atoms with Crippen molar-refractivity contribution in [2.75, 3.05) is 0 Å². The Kier molecular flexibility index (Phi) is 7.68. The molecule has 5 nitrogen and oxygen atoms in total. The number of carbonyl (C=O) groups is 2. The van der Waals surface area contributed by atoms with Crippen molar-refractivity contribution in [3.8, 4) is 0 Å². The van der Waals surface area contributed by atoms with Crippen molar-refractivity contribution in [3.63, 3.8) is 0 Å². The highest BCUT2D eigenvalue weighted by Gasteiger charge is 2.31. The second kappa shape index (κ2) is 10.6. The van der Waals surface area contributed by atoms with Gasteiger partial charge in [-0.05, 0) is 104 Å². The number of aromatic nitrogens is 2. The Balaban J connectivity index is 0.000000161. The van der Waals surface area contributed by atoms with Gasteiger partial charge in [0.2, 0.25) is 0 Å². The molecule has 2 aliphatic rings. The molecule has 2 atom stereocenters. The molecule has 0 amide bonds. The normalized spacial score (nSPS) is 19.1. The largest absolute Gasteiger partial charge is 0.477 e. The van der Waals surface area contributed by atoms with Crippen LogP contribution in [0.15, 0.2) is 24.3 Å². The Morgan fingerprint density at radius 2 is 1.18 bits per heavy atom. The Hall–Kier alpha value is -2.64. The highest BCUT2D eigenvalue weighted by atomic mass is 32.1. The van der Waals surface area contributed by atoms with E-state index in [2.05, 4.69) is 53.7 Å². The van der Waals surface area contributed by atoms with Crippen molar-refractivity contribution in [2.45, 2.75) is 87.0 Å². The quantitative estimate of drug-likeness (QED) is 0.241. The third-order valence-electron chi connectivity index (χ3n) is 8.75. The Morgan fingerprint density at radius 1 is 0.750 bits per heavy atom. The third-order valence-corrected chi connectivity index (χ3v) is 10.9. The fourth-order valence-electron chi connectivity index (χ4n) is 6.00. The highest BCUT2D eigenvalue weighted by Crippen LogP contribution is 2.40. The van der Waals surface area contributed by atoms with Crippen LogP contribution >= 0.6 is 22.7 Å². The molecule has 0 spiro atoms. The van der Waals surface area contributed by atoms with Crippen LogP contribution in [0, 0.1) is 22.7 Å². The van der Waals surface area contributed by atoms with E-state index in [1.807, 2.05) is 6.07 Å².